The van der Waals surface area contributed by atoms with Gasteiger partial charge in [-0.3, -0.25) is 4.79 Å². The molecule has 1 aromatic heterocycles. The first-order valence-electron chi connectivity index (χ1n) is 9.50. The Morgan fingerprint density at radius 3 is 2.46 bits per heavy atom. The zero-order valence-electron chi connectivity index (χ0n) is 16.4. The van der Waals surface area contributed by atoms with Gasteiger partial charge in [-0.2, -0.15) is 0 Å². The summed E-state index contributed by atoms with van der Waals surface area (Å²) in [6, 6.07) is 17.7. The van der Waals surface area contributed by atoms with Gasteiger partial charge in [0.25, 0.3) is 0 Å². The van der Waals surface area contributed by atoms with Crippen LogP contribution in [0.15, 0.2) is 54.6 Å². The largest absolute Gasteiger partial charge is 0.507 e. The Bertz CT molecular complexity index is 1220. The second-order valence-electron chi connectivity index (χ2n) is 7.67. The molecular weight excluding hydrogens is 348 g/mol. The van der Waals surface area contributed by atoms with Gasteiger partial charge >= 0.3 is 0 Å². The van der Waals surface area contributed by atoms with Gasteiger partial charge in [-0.15, -0.1) is 0 Å². The van der Waals surface area contributed by atoms with E-state index in [1.54, 1.807) is 12.1 Å². The summed E-state index contributed by atoms with van der Waals surface area (Å²) in [6.07, 6.45) is 0. The van der Waals surface area contributed by atoms with Crippen molar-refractivity contribution in [3.63, 3.8) is 0 Å². The maximum Gasteiger partial charge on any atom is 0.249 e. The van der Waals surface area contributed by atoms with E-state index in [0.717, 1.165) is 16.6 Å². The van der Waals surface area contributed by atoms with E-state index in [2.05, 4.69) is 43.5 Å². The number of hydrogen-bond donors (Lipinski definition) is 2. The van der Waals surface area contributed by atoms with Gasteiger partial charge in [-0.1, -0.05) is 44.2 Å². The van der Waals surface area contributed by atoms with Crippen molar-refractivity contribution in [1.82, 2.24) is 4.57 Å². The first kappa shape index (κ1) is 18.1. The molecule has 0 aliphatic rings. The Hall–Kier alpha value is -3.27. The topological polar surface area (TPSA) is 68.2 Å². The molecule has 0 spiro atoms. The molecule has 4 aromatic rings. The molecular formula is C24H24N2O2. The third kappa shape index (κ3) is 2.82. The van der Waals surface area contributed by atoms with Crippen LogP contribution in [0.2, 0.25) is 0 Å². The number of carbonyl (C=O) groups is 1. The second kappa shape index (κ2) is 6.71. The molecule has 0 bridgehead atoms. The van der Waals surface area contributed by atoms with Crippen LogP contribution in [0.3, 0.4) is 0 Å². The first-order chi connectivity index (χ1) is 13.4. The Morgan fingerprint density at radius 1 is 1.04 bits per heavy atom. The van der Waals surface area contributed by atoms with Crippen LogP contribution < -0.4 is 5.73 Å². The lowest BCUT2D eigenvalue weighted by molar-refractivity contribution is 0.100. The lowest BCUT2D eigenvalue weighted by Gasteiger charge is -2.12. The van der Waals surface area contributed by atoms with Crippen molar-refractivity contribution in [3.05, 3.63) is 76.9 Å². The zero-order valence-corrected chi connectivity index (χ0v) is 16.4. The lowest BCUT2D eigenvalue weighted by atomic mass is 9.99. The number of aryl methyl sites for hydroxylation is 1. The highest BCUT2D eigenvalue weighted by molar-refractivity contribution is 6.19. The minimum Gasteiger partial charge on any atom is -0.507 e. The van der Waals surface area contributed by atoms with Crippen molar-refractivity contribution in [2.24, 2.45) is 5.73 Å². The number of phenols is 1. The molecule has 0 unspecified atom stereocenters. The Morgan fingerprint density at radius 2 is 1.79 bits per heavy atom. The van der Waals surface area contributed by atoms with Crippen molar-refractivity contribution in [1.29, 1.82) is 0 Å². The normalized spacial score (nSPS) is 11.6. The van der Waals surface area contributed by atoms with Gasteiger partial charge in [0.05, 0.1) is 16.4 Å². The molecule has 0 fully saturated rings. The molecule has 28 heavy (non-hydrogen) atoms. The Balaban J connectivity index is 2.12. The fourth-order valence-corrected chi connectivity index (χ4v) is 3.93. The maximum atomic E-state index is 12.1. The van der Waals surface area contributed by atoms with Gasteiger partial charge in [0.1, 0.15) is 5.75 Å². The quantitative estimate of drug-likeness (QED) is 0.524. The van der Waals surface area contributed by atoms with Crippen LogP contribution >= 0.6 is 0 Å². The SMILES string of the molecule is Cc1ccccc1Cn1c2cc(C(C)C)cc(O)c2c2c(C(N)=O)cccc21. The molecule has 4 heteroatoms. The fourth-order valence-electron chi connectivity index (χ4n) is 3.93. The highest BCUT2D eigenvalue weighted by Crippen LogP contribution is 2.39. The fraction of sp³-hybridized carbons (Fsp3) is 0.208. The van der Waals surface area contributed by atoms with E-state index in [4.69, 9.17) is 5.73 Å². The van der Waals surface area contributed by atoms with Gasteiger partial charge in [0.2, 0.25) is 5.91 Å². The number of nitrogens with two attached hydrogens (primary N) is 1. The molecule has 4 rings (SSSR count). The van der Waals surface area contributed by atoms with Gasteiger partial charge in [-0.05, 0) is 53.8 Å². The van der Waals surface area contributed by atoms with E-state index in [0.29, 0.717) is 22.9 Å². The number of nitrogens with zero attached hydrogens (tertiary/aromatic N) is 1. The summed E-state index contributed by atoms with van der Waals surface area (Å²) < 4.78 is 2.17. The van der Waals surface area contributed by atoms with Crippen LogP contribution in [0.5, 0.6) is 5.75 Å². The minimum atomic E-state index is -0.493. The number of amides is 1. The van der Waals surface area contributed by atoms with Crippen molar-refractivity contribution in [2.75, 3.05) is 0 Å². The molecule has 1 amide bonds. The molecule has 0 radical (unpaired) electrons. The summed E-state index contributed by atoms with van der Waals surface area (Å²) in [5, 5.41) is 12.3. The summed E-state index contributed by atoms with van der Waals surface area (Å²) in [5.74, 6) is -0.0351. The Labute approximate surface area is 164 Å². The first-order valence-corrected chi connectivity index (χ1v) is 9.50. The van der Waals surface area contributed by atoms with E-state index in [1.165, 1.54) is 11.1 Å². The zero-order chi connectivity index (χ0) is 20.0. The smallest absolute Gasteiger partial charge is 0.249 e. The van der Waals surface area contributed by atoms with Crippen molar-refractivity contribution in [2.45, 2.75) is 33.2 Å². The van der Waals surface area contributed by atoms with Crippen LogP contribution in [-0.4, -0.2) is 15.6 Å². The number of carbonyl (C=O) groups excluding carboxylic acids is 1. The number of aromatic hydroxyl groups is 1. The highest BCUT2D eigenvalue weighted by atomic mass is 16.3. The average molecular weight is 372 g/mol. The molecule has 142 valence electrons. The van der Waals surface area contributed by atoms with Gasteiger partial charge in [-0.25, -0.2) is 0 Å². The number of hydrogen-bond acceptors (Lipinski definition) is 2. The van der Waals surface area contributed by atoms with Crippen molar-refractivity contribution >= 4 is 27.7 Å². The number of rotatable bonds is 4. The van der Waals surface area contributed by atoms with Crippen LogP contribution in [0.1, 0.15) is 46.8 Å². The molecule has 0 aliphatic carbocycles. The molecule has 4 nitrogen and oxygen atoms in total. The summed E-state index contributed by atoms with van der Waals surface area (Å²) in [5.41, 5.74) is 11.3. The minimum absolute atomic E-state index is 0.184. The number of phenolic OH excluding ortho intramolecular Hbond substituents is 1. The van der Waals surface area contributed by atoms with Crippen LogP contribution in [0.25, 0.3) is 21.8 Å². The van der Waals surface area contributed by atoms with E-state index in [-0.39, 0.29) is 11.7 Å². The van der Waals surface area contributed by atoms with E-state index >= 15 is 0 Å². The van der Waals surface area contributed by atoms with Crippen LogP contribution in [0, 0.1) is 6.92 Å². The number of primary amides is 1. The van der Waals surface area contributed by atoms with Gasteiger partial charge in [0, 0.05) is 17.5 Å². The molecule has 3 N–H and O–H groups in total. The second-order valence-corrected chi connectivity index (χ2v) is 7.67. The van der Waals surface area contributed by atoms with Crippen molar-refractivity contribution < 1.29 is 9.90 Å². The van der Waals surface area contributed by atoms with Gasteiger partial charge in [0.15, 0.2) is 0 Å². The summed E-state index contributed by atoms with van der Waals surface area (Å²) in [4.78, 5) is 12.1. The summed E-state index contributed by atoms with van der Waals surface area (Å²) >= 11 is 0. The highest BCUT2D eigenvalue weighted by Gasteiger charge is 2.20. The van der Waals surface area contributed by atoms with Crippen LogP contribution in [0.4, 0.5) is 0 Å². The predicted octanol–water partition coefficient (Wildman–Crippen LogP) is 5.08. The van der Waals surface area contributed by atoms with E-state index in [1.807, 2.05) is 24.3 Å². The summed E-state index contributed by atoms with van der Waals surface area (Å²) in [7, 11) is 0. The third-order valence-corrected chi connectivity index (χ3v) is 5.51. The molecule has 0 saturated carbocycles. The third-order valence-electron chi connectivity index (χ3n) is 5.51. The van der Waals surface area contributed by atoms with E-state index < -0.39 is 5.91 Å². The van der Waals surface area contributed by atoms with Crippen LogP contribution in [-0.2, 0) is 6.54 Å². The average Bonchev–Trinajstić information content (AvgIpc) is 2.97. The monoisotopic (exact) mass is 372 g/mol. The predicted molar refractivity (Wildman–Crippen MR) is 114 cm³/mol. The molecule has 0 atom stereocenters. The lowest BCUT2D eigenvalue weighted by Crippen LogP contribution is -2.11. The number of benzene rings is 3. The van der Waals surface area contributed by atoms with Gasteiger partial charge < -0.3 is 15.4 Å². The summed E-state index contributed by atoms with van der Waals surface area (Å²) in [6.45, 7) is 6.94. The van der Waals surface area contributed by atoms with Crippen molar-refractivity contribution in [3.8, 4) is 5.75 Å². The molecule has 0 saturated heterocycles. The van der Waals surface area contributed by atoms with E-state index in [9.17, 15) is 9.90 Å². The maximum absolute atomic E-state index is 12.1. The molecule has 0 aliphatic heterocycles. The number of fused-ring (bicyclic) bond motifs is 3. The Kier molecular flexibility index (Phi) is 4.34. The molecule has 3 aromatic carbocycles. The molecule has 1 heterocycles. The number of aromatic nitrogens is 1. The standard InChI is InChI=1S/C24H24N2O2/c1-14(2)17-11-20-23(21(27)12-17)22-18(24(25)28)9-6-10-19(22)26(20)13-16-8-5-4-7-15(16)3/h4-12,14,27H,13H2,1-3H3,(H2,25,28).